The predicted molar refractivity (Wildman–Crippen MR) is 66.8 cm³/mol. The minimum absolute atomic E-state index is 0.0676. The summed E-state index contributed by atoms with van der Waals surface area (Å²) in [7, 11) is 0. The van der Waals surface area contributed by atoms with Gasteiger partial charge in [0.1, 0.15) is 5.82 Å². The van der Waals surface area contributed by atoms with Gasteiger partial charge in [-0.05, 0) is 13.3 Å². The van der Waals surface area contributed by atoms with Gasteiger partial charge in [0.2, 0.25) is 0 Å². The van der Waals surface area contributed by atoms with Crippen molar-refractivity contribution < 1.29 is 4.92 Å². The molecule has 1 aromatic rings. The number of anilines is 1. The number of terminal acetylenes is 1. The maximum absolute atomic E-state index is 10.8. The highest BCUT2D eigenvalue weighted by Crippen LogP contribution is 2.20. The molecule has 1 heterocycles. The molecule has 0 saturated heterocycles. The first kappa shape index (κ1) is 13.0. The summed E-state index contributed by atoms with van der Waals surface area (Å²) in [5.41, 5.74) is 0.614. The summed E-state index contributed by atoms with van der Waals surface area (Å²) in [5.74, 6) is 3.05. The summed E-state index contributed by atoms with van der Waals surface area (Å²) in [6.45, 7) is 3.66. The van der Waals surface area contributed by atoms with Gasteiger partial charge in [0, 0.05) is 24.2 Å². The molecular formula is C12H15N3O2. The third-order valence-corrected chi connectivity index (χ3v) is 2.48. The van der Waals surface area contributed by atoms with Crippen LogP contribution in [0.3, 0.4) is 0 Å². The van der Waals surface area contributed by atoms with E-state index in [1.807, 2.05) is 6.92 Å². The van der Waals surface area contributed by atoms with Crippen LogP contribution in [0.1, 0.15) is 25.3 Å². The lowest BCUT2D eigenvalue weighted by atomic mass is 10.1. The van der Waals surface area contributed by atoms with Crippen LogP contribution in [0.25, 0.3) is 0 Å². The molecule has 0 radical (unpaired) electrons. The number of hydrogen-bond acceptors (Lipinski definition) is 4. The fourth-order valence-electron chi connectivity index (χ4n) is 1.44. The number of aryl methyl sites for hydroxylation is 1. The molecule has 0 saturated carbocycles. The third-order valence-electron chi connectivity index (χ3n) is 2.48. The second kappa shape index (κ2) is 5.85. The molecule has 5 nitrogen and oxygen atoms in total. The van der Waals surface area contributed by atoms with E-state index in [-0.39, 0.29) is 11.7 Å². The zero-order valence-corrected chi connectivity index (χ0v) is 9.93. The van der Waals surface area contributed by atoms with Crippen molar-refractivity contribution in [2.75, 3.05) is 5.32 Å². The number of nitrogens with one attached hydrogen (secondary N) is 1. The number of pyridine rings is 1. The summed E-state index contributed by atoms with van der Waals surface area (Å²) in [6, 6.07) is 1.53. The van der Waals surface area contributed by atoms with Crippen LogP contribution in [0.2, 0.25) is 0 Å². The second-order valence-electron chi connectivity index (χ2n) is 3.77. The lowest BCUT2D eigenvalue weighted by Crippen LogP contribution is -2.18. The van der Waals surface area contributed by atoms with E-state index < -0.39 is 4.92 Å². The fourth-order valence-corrected chi connectivity index (χ4v) is 1.44. The molecule has 1 aromatic heterocycles. The molecule has 1 N–H and O–H groups in total. The van der Waals surface area contributed by atoms with Gasteiger partial charge in [-0.2, -0.15) is 0 Å². The van der Waals surface area contributed by atoms with E-state index in [1.165, 1.54) is 12.3 Å². The van der Waals surface area contributed by atoms with E-state index >= 15 is 0 Å². The quantitative estimate of drug-likeness (QED) is 0.482. The minimum atomic E-state index is -0.412. The van der Waals surface area contributed by atoms with Gasteiger partial charge in [0.05, 0.1) is 11.0 Å². The topological polar surface area (TPSA) is 68.1 Å². The summed E-state index contributed by atoms with van der Waals surface area (Å²) in [6.07, 6.45) is 8.14. The molecule has 90 valence electrons. The van der Waals surface area contributed by atoms with Crippen molar-refractivity contribution in [1.29, 1.82) is 0 Å². The zero-order valence-electron chi connectivity index (χ0n) is 9.93. The van der Waals surface area contributed by atoms with E-state index in [4.69, 9.17) is 6.42 Å². The molecule has 0 bridgehead atoms. The molecule has 0 spiro atoms. The number of nitrogens with zero attached hydrogens (tertiary/aromatic N) is 2. The normalized spacial score (nSPS) is 11.6. The highest BCUT2D eigenvalue weighted by molar-refractivity contribution is 5.49. The van der Waals surface area contributed by atoms with Gasteiger partial charge in [-0.25, -0.2) is 4.98 Å². The summed E-state index contributed by atoms with van der Waals surface area (Å²) >= 11 is 0. The first-order chi connectivity index (χ1) is 8.08. The van der Waals surface area contributed by atoms with Crippen molar-refractivity contribution in [3.63, 3.8) is 0 Å². The molecule has 17 heavy (non-hydrogen) atoms. The van der Waals surface area contributed by atoms with Gasteiger partial charge >= 0.3 is 0 Å². The summed E-state index contributed by atoms with van der Waals surface area (Å²) in [4.78, 5) is 14.5. The van der Waals surface area contributed by atoms with Crippen LogP contribution in [-0.4, -0.2) is 15.9 Å². The maximum atomic E-state index is 10.8. The van der Waals surface area contributed by atoms with E-state index in [0.29, 0.717) is 17.8 Å². The average Bonchev–Trinajstić information content (AvgIpc) is 2.30. The Morgan fingerprint density at radius 3 is 2.94 bits per heavy atom. The molecular weight excluding hydrogens is 218 g/mol. The van der Waals surface area contributed by atoms with Crippen LogP contribution in [0, 0.1) is 29.4 Å². The van der Waals surface area contributed by atoms with E-state index in [9.17, 15) is 10.1 Å². The van der Waals surface area contributed by atoms with Crippen LogP contribution in [0.5, 0.6) is 0 Å². The van der Waals surface area contributed by atoms with Gasteiger partial charge in [-0.1, -0.05) is 6.92 Å². The zero-order chi connectivity index (χ0) is 12.8. The number of rotatable bonds is 5. The lowest BCUT2D eigenvalue weighted by Gasteiger charge is -2.14. The SMILES string of the molecule is C#CCC(CC)Nc1cc([N+](=O)[O-])c(C)cn1. The molecule has 0 aliphatic rings. The molecule has 0 aliphatic carbocycles. The standard InChI is InChI=1S/C12H15N3O2/c1-4-6-10(5-2)14-12-7-11(15(16)17)9(3)8-13-12/h1,7-8,10H,5-6H2,2-3H3,(H,13,14). The number of hydrogen-bond donors (Lipinski definition) is 1. The van der Waals surface area contributed by atoms with E-state index in [0.717, 1.165) is 6.42 Å². The van der Waals surface area contributed by atoms with Gasteiger partial charge in [-0.3, -0.25) is 10.1 Å². The third kappa shape index (κ3) is 3.45. The Balaban J connectivity index is 2.89. The average molecular weight is 233 g/mol. The highest BCUT2D eigenvalue weighted by Gasteiger charge is 2.13. The van der Waals surface area contributed by atoms with Crippen molar-refractivity contribution in [1.82, 2.24) is 4.98 Å². The fraction of sp³-hybridized carbons (Fsp3) is 0.417. The van der Waals surface area contributed by atoms with Crippen molar-refractivity contribution in [3.05, 3.63) is 27.9 Å². The first-order valence-corrected chi connectivity index (χ1v) is 5.39. The Morgan fingerprint density at radius 1 is 1.71 bits per heavy atom. The molecule has 0 aromatic carbocycles. The Labute approximate surface area is 100 Å². The van der Waals surface area contributed by atoms with Gasteiger partial charge in [0.25, 0.3) is 5.69 Å². The second-order valence-corrected chi connectivity index (χ2v) is 3.77. The van der Waals surface area contributed by atoms with Gasteiger partial charge in [-0.15, -0.1) is 12.3 Å². The largest absolute Gasteiger partial charge is 0.366 e. The van der Waals surface area contributed by atoms with Crippen LogP contribution in [-0.2, 0) is 0 Å². The first-order valence-electron chi connectivity index (χ1n) is 5.39. The monoisotopic (exact) mass is 233 g/mol. The molecule has 1 rings (SSSR count). The van der Waals surface area contributed by atoms with Crippen LogP contribution >= 0.6 is 0 Å². The molecule has 0 fully saturated rings. The lowest BCUT2D eigenvalue weighted by molar-refractivity contribution is -0.385. The molecule has 5 heteroatoms. The number of nitro groups is 1. The molecule has 1 atom stereocenters. The van der Waals surface area contributed by atoms with Crippen LogP contribution in [0.15, 0.2) is 12.3 Å². The van der Waals surface area contributed by atoms with Crippen molar-refractivity contribution in [2.24, 2.45) is 0 Å². The van der Waals surface area contributed by atoms with Gasteiger partial charge in [0.15, 0.2) is 0 Å². The highest BCUT2D eigenvalue weighted by atomic mass is 16.6. The molecule has 0 amide bonds. The summed E-state index contributed by atoms with van der Waals surface area (Å²) in [5, 5.41) is 13.9. The Bertz CT molecular complexity index is 452. The molecule has 1 unspecified atom stereocenters. The van der Waals surface area contributed by atoms with Crippen molar-refractivity contribution in [2.45, 2.75) is 32.7 Å². The number of aromatic nitrogens is 1. The van der Waals surface area contributed by atoms with Crippen LogP contribution < -0.4 is 5.32 Å². The minimum Gasteiger partial charge on any atom is -0.366 e. The predicted octanol–water partition coefficient (Wildman–Crippen LogP) is 2.51. The van der Waals surface area contributed by atoms with Crippen LogP contribution in [0.4, 0.5) is 11.5 Å². The van der Waals surface area contributed by atoms with E-state index in [2.05, 4.69) is 16.2 Å². The Kier molecular flexibility index (Phi) is 4.46. The van der Waals surface area contributed by atoms with Crippen molar-refractivity contribution in [3.8, 4) is 12.3 Å². The molecule has 0 aliphatic heterocycles. The van der Waals surface area contributed by atoms with Crippen molar-refractivity contribution >= 4 is 11.5 Å². The Morgan fingerprint density at radius 2 is 2.41 bits per heavy atom. The Hall–Kier alpha value is -2.09. The maximum Gasteiger partial charge on any atom is 0.277 e. The summed E-state index contributed by atoms with van der Waals surface area (Å²) < 4.78 is 0. The van der Waals surface area contributed by atoms with E-state index in [1.54, 1.807) is 6.92 Å². The van der Waals surface area contributed by atoms with Gasteiger partial charge < -0.3 is 5.32 Å². The smallest absolute Gasteiger partial charge is 0.277 e.